The average Bonchev–Trinajstić information content (AvgIpc) is 2.43. The van der Waals surface area contributed by atoms with Crippen LogP contribution in [0.3, 0.4) is 0 Å². The van der Waals surface area contributed by atoms with E-state index in [-0.39, 0.29) is 0 Å². The summed E-state index contributed by atoms with van der Waals surface area (Å²) >= 11 is 0. The van der Waals surface area contributed by atoms with Crippen LogP contribution in [-0.2, 0) is 0 Å². The summed E-state index contributed by atoms with van der Waals surface area (Å²) in [6.07, 6.45) is -13.7. The molecule has 0 amide bonds. The van der Waals surface area contributed by atoms with Crippen molar-refractivity contribution in [1.29, 1.82) is 0 Å². The minimum atomic E-state index is -8.65. The molecule has 0 saturated carbocycles. The molecule has 1 radical (unpaired) electrons. The minimum Gasteiger partial charge on any atom is -0.393 e. The number of rotatable bonds is 8. The van der Waals surface area contributed by atoms with Crippen molar-refractivity contribution in [1.82, 2.24) is 0 Å². The van der Waals surface area contributed by atoms with Crippen molar-refractivity contribution in [3.8, 4) is 0 Å². The highest BCUT2D eigenvalue weighted by atomic mass is 19.4. The highest BCUT2D eigenvalue weighted by molar-refractivity contribution is 5.15. The average molecular weight is 477 g/mol. The molecular formula is C11H6F17O. The SMILES string of the molecule is [CH2]C(O)CC(F)(F)C(F)(F)C(F)(F)C(F)(F)C(F)(F)C(F)(F)C(F)(F)C(F)(F)F. The van der Waals surface area contributed by atoms with Crippen LogP contribution in [0.2, 0.25) is 0 Å². The van der Waals surface area contributed by atoms with Crippen molar-refractivity contribution in [3.05, 3.63) is 6.92 Å². The van der Waals surface area contributed by atoms with Crippen molar-refractivity contribution in [2.24, 2.45) is 0 Å². The zero-order valence-corrected chi connectivity index (χ0v) is 12.9. The van der Waals surface area contributed by atoms with Gasteiger partial charge in [-0.2, -0.15) is 74.6 Å². The van der Waals surface area contributed by atoms with Crippen LogP contribution in [0.4, 0.5) is 74.6 Å². The fourth-order valence-electron chi connectivity index (χ4n) is 1.62. The van der Waals surface area contributed by atoms with Gasteiger partial charge in [-0.15, -0.1) is 0 Å². The molecule has 1 N–H and O–H groups in total. The highest BCUT2D eigenvalue weighted by Crippen LogP contribution is 2.64. The van der Waals surface area contributed by atoms with Crippen LogP contribution in [0.1, 0.15) is 6.42 Å². The maximum absolute atomic E-state index is 13.2. The first-order valence-electron chi connectivity index (χ1n) is 6.39. The van der Waals surface area contributed by atoms with Gasteiger partial charge >= 0.3 is 47.6 Å². The Balaban J connectivity index is 6.65. The van der Waals surface area contributed by atoms with Gasteiger partial charge in [0.25, 0.3) is 0 Å². The Kier molecular flexibility index (Phi) is 6.60. The summed E-state index contributed by atoms with van der Waals surface area (Å²) in [6.45, 7) is 2.15. The molecule has 0 bridgehead atoms. The molecule has 0 aromatic rings. The number of hydrogen-bond donors (Lipinski definition) is 1. The van der Waals surface area contributed by atoms with E-state index in [4.69, 9.17) is 5.11 Å². The van der Waals surface area contributed by atoms with Gasteiger partial charge in [-0.1, -0.05) is 0 Å². The highest BCUT2D eigenvalue weighted by Gasteiger charge is 2.95. The smallest absolute Gasteiger partial charge is 0.393 e. The Bertz CT molecular complexity index is 587. The van der Waals surface area contributed by atoms with Gasteiger partial charge in [0.15, 0.2) is 0 Å². The van der Waals surface area contributed by atoms with Gasteiger partial charge in [0, 0.05) is 6.42 Å². The van der Waals surface area contributed by atoms with Gasteiger partial charge < -0.3 is 5.11 Å². The third-order valence-corrected chi connectivity index (χ3v) is 3.28. The summed E-state index contributed by atoms with van der Waals surface area (Å²) in [5.74, 6) is -56.7. The standard InChI is InChI=1S/C11H6F17O/c1-3(29)2-4(12,13)5(14,15)6(16,17)7(18,19)8(20,21)9(22,23)10(24,25)11(26,27)28/h3,29H,1-2H2. The number of hydrogen-bond acceptors (Lipinski definition) is 1. The number of halogens is 17. The van der Waals surface area contributed by atoms with Gasteiger partial charge in [0.2, 0.25) is 0 Å². The van der Waals surface area contributed by atoms with E-state index in [1.807, 2.05) is 0 Å². The molecule has 1 unspecified atom stereocenters. The second kappa shape index (κ2) is 6.90. The van der Waals surface area contributed by atoms with E-state index in [0.717, 1.165) is 0 Å². The third-order valence-electron chi connectivity index (χ3n) is 3.28. The van der Waals surface area contributed by atoms with Crippen LogP contribution < -0.4 is 0 Å². The Morgan fingerprint density at radius 3 is 0.966 bits per heavy atom. The van der Waals surface area contributed by atoms with Gasteiger partial charge in [-0.25, -0.2) is 0 Å². The summed E-state index contributed by atoms with van der Waals surface area (Å²) in [5.41, 5.74) is 0. The van der Waals surface area contributed by atoms with Crippen molar-refractivity contribution >= 4 is 0 Å². The van der Waals surface area contributed by atoms with Gasteiger partial charge in [0.05, 0.1) is 6.10 Å². The molecule has 175 valence electrons. The lowest BCUT2D eigenvalue weighted by atomic mass is 9.88. The molecule has 1 atom stereocenters. The molecule has 0 fully saturated rings. The normalized spacial score (nSPS) is 17.5. The molecule has 0 aliphatic rings. The monoisotopic (exact) mass is 477 g/mol. The van der Waals surface area contributed by atoms with E-state index in [2.05, 4.69) is 6.92 Å². The van der Waals surface area contributed by atoms with Crippen LogP contribution in [0.25, 0.3) is 0 Å². The third kappa shape index (κ3) is 3.68. The summed E-state index contributed by atoms with van der Waals surface area (Å²) < 4.78 is 218. The van der Waals surface area contributed by atoms with Gasteiger partial charge in [-0.05, 0) is 6.92 Å². The lowest BCUT2D eigenvalue weighted by molar-refractivity contribution is -0.462. The fraction of sp³-hybridized carbons (Fsp3) is 0.909. The second-order valence-electron chi connectivity index (χ2n) is 5.51. The summed E-state index contributed by atoms with van der Waals surface area (Å²) in [4.78, 5) is 0. The minimum absolute atomic E-state index is 2.15. The summed E-state index contributed by atoms with van der Waals surface area (Å²) in [5, 5.41) is 8.36. The Morgan fingerprint density at radius 1 is 0.483 bits per heavy atom. The number of aliphatic hydroxyl groups excluding tert-OH is 1. The van der Waals surface area contributed by atoms with Crippen molar-refractivity contribution in [2.75, 3.05) is 0 Å². The largest absolute Gasteiger partial charge is 0.460 e. The molecule has 18 heteroatoms. The van der Waals surface area contributed by atoms with Crippen LogP contribution in [0, 0.1) is 6.92 Å². The topological polar surface area (TPSA) is 20.2 Å². The zero-order valence-electron chi connectivity index (χ0n) is 12.9. The van der Waals surface area contributed by atoms with E-state index in [1.165, 1.54) is 0 Å². The molecule has 0 aliphatic heterocycles. The molecule has 0 aliphatic carbocycles. The van der Waals surface area contributed by atoms with E-state index < -0.39 is 60.2 Å². The quantitative estimate of drug-likeness (QED) is 0.453. The number of alkyl halides is 17. The molecule has 0 saturated heterocycles. The molecule has 0 spiro atoms. The Labute approximate surface area is 148 Å². The van der Waals surface area contributed by atoms with E-state index in [0.29, 0.717) is 0 Å². The van der Waals surface area contributed by atoms with Crippen LogP contribution in [-0.4, -0.2) is 58.8 Å². The molecule has 0 aromatic carbocycles. The van der Waals surface area contributed by atoms with Crippen molar-refractivity contribution in [3.63, 3.8) is 0 Å². The van der Waals surface area contributed by atoms with E-state index in [1.54, 1.807) is 0 Å². The maximum Gasteiger partial charge on any atom is 0.460 e. The summed E-state index contributed by atoms with van der Waals surface area (Å²) in [6, 6.07) is 0. The summed E-state index contributed by atoms with van der Waals surface area (Å²) in [7, 11) is 0. The van der Waals surface area contributed by atoms with Gasteiger partial charge in [0.1, 0.15) is 0 Å². The predicted molar refractivity (Wildman–Crippen MR) is 56.7 cm³/mol. The van der Waals surface area contributed by atoms with E-state index >= 15 is 0 Å². The first-order chi connectivity index (χ1) is 12.2. The Morgan fingerprint density at radius 2 is 0.724 bits per heavy atom. The molecular weight excluding hydrogens is 471 g/mol. The lowest BCUT2D eigenvalue weighted by Gasteiger charge is -2.43. The van der Waals surface area contributed by atoms with E-state index in [9.17, 15) is 74.6 Å². The molecule has 29 heavy (non-hydrogen) atoms. The van der Waals surface area contributed by atoms with Crippen molar-refractivity contribution < 1.29 is 79.7 Å². The molecule has 0 aromatic heterocycles. The predicted octanol–water partition coefficient (Wildman–Crippen LogP) is 5.58. The lowest BCUT2D eigenvalue weighted by Crippen LogP contribution is -2.74. The molecule has 0 rings (SSSR count). The van der Waals surface area contributed by atoms with Crippen LogP contribution in [0.5, 0.6) is 0 Å². The van der Waals surface area contributed by atoms with Crippen LogP contribution in [0.15, 0.2) is 0 Å². The van der Waals surface area contributed by atoms with Crippen molar-refractivity contribution in [2.45, 2.75) is 60.2 Å². The maximum atomic E-state index is 13.2. The van der Waals surface area contributed by atoms with Gasteiger partial charge in [-0.3, -0.25) is 0 Å². The fourth-order valence-corrected chi connectivity index (χ4v) is 1.62. The second-order valence-corrected chi connectivity index (χ2v) is 5.51. The first-order valence-corrected chi connectivity index (χ1v) is 6.39. The zero-order chi connectivity index (χ0) is 24.3. The first kappa shape index (κ1) is 27.8. The molecule has 1 nitrogen and oxygen atoms in total. The molecule has 0 heterocycles. The van der Waals surface area contributed by atoms with Crippen LogP contribution >= 0.6 is 0 Å². The Hall–Kier alpha value is -1.23. The number of aliphatic hydroxyl groups is 1.